The number of likely N-dealkylation sites (N-methyl/N-ethyl adjacent to an activating group) is 1. The van der Waals surface area contributed by atoms with Gasteiger partial charge in [-0.2, -0.15) is 0 Å². The molecule has 0 aliphatic carbocycles. The van der Waals surface area contributed by atoms with Crippen molar-refractivity contribution in [3.05, 3.63) is 48.6 Å². The third-order valence-corrected chi connectivity index (χ3v) is 10.5. The molecular weight excluding hydrogens is 727 g/mol. The van der Waals surface area contributed by atoms with E-state index >= 15 is 0 Å². The highest BCUT2D eigenvalue weighted by atomic mass is 16.6. The van der Waals surface area contributed by atoms with Crippen molar-refractivity contribution >= 4 is 17.9 Å². The molecule has 0 radical (unpaired) electrons. The number of unbranched alkanes of at least 4 members (excludes halogenated alkanes) is 20. The average Bonchev–Trinajstić information content (AvgIpc) is 3.18. The van der Waals surface area contributed by atoms with Crippen LogP contribution in [-0.4, -0.2) is 80.6 Å². The maximum atomic E-state index is 12.8. The highest BCUT2D eigenvalue weighted by molar-refractivity contribution is 5.72. The Balaban J connectivity index is 4.27. The number of hydrogen-bond acceptors (Lipinski definition) is 6. The molecule has 0 saturated heterocycles. The molecular formula is C50H90NO7+. The lowest BCUT2D eigenvalue weighted by atomic mass is 10.1. The molecule has 0 spiro atoms. The number of aliphatic carboxylic acids is 1. The van der Waals surface area contributed by atoms with Crippen LogP contribution in [0.4, 0.5) is 0 Å². The van der Waals surface area contributed by atoms with Crippen LogP contribution in [0.1, 0.15) is 200 Å². The van der Waals surface area contributed by atoms with Gasteiger partial charge in [-0.15, -0.1) is 0 Å². The van der Waals surface area contributed by atoms with Gasteiger partial charge in [0.15, 0.2) is 12.1 Å². The van der Waals surface area contributed by atoms with Gasteiger partial charge in [-0.05, 0) is 77.0 Å². The molecule has 58 heavy (non-hydrogen) atoms. The van der Waals surface area contributed by atoms with E-state index in [9.17, 15) is 19.5 Å². The van der Waals surface area contributed by atoms with E-state index in [1.807, 2.05) is 21.1 Å². The Kier molecular flexibility index (Phi) is 39.1. The topological polar surface area (TPSA) is 99.1 Å². The number of ether oxygens (including phenoxy) is 3. The molecule has 2 atom stereocenters. The first-order valence-corrected chi connectivity index (χ1v) is 23.7. The molecule has 0 aliphatic rings. The van der Waals surface area contributed by atoms with Crippen LogP contribution in [0.3, 0.4) is 0 Å². The Morgan fingerprint density at radius 3 is 1.36 bits per heavy atom. The van der Waals surface area contributed by atoms with Gasteiger partial charge in [-0.1, -0.05) is 152 Å². The Morgan fingerprint density at radius 1 is 0.517 bits per heavy atom. The lowest BCUT2D eigenvalue weighted by Gasteiger charge is -2.31. The molecule has 1 N–H and O–H groups in total. The van der Waals surface area contributed by atoms with Crippen LogP contribution in [0, 0.1) is 0 Å². The third-order valence-electron chi connectivity index (χ3n) is 10.5. The van der Waals surface area contributed by atoms with Gasteiger partial charge in [0, 0.05) is 19.3 Å². The van der Waals surface area contributed by atoms with Crippen LogP contribution in [0.5, 0.6) is 0 Å². The summed E-state index contributed by atoms with van der Waals surface area (Å²) >= 11 is 0. The normalized spacial score (nSPS) is 13.3. The predicted octanol–water partition coefficient (Wildman–Crippen LogP) is 13.2. The van der Waals surface area contributed by atoms with Gasteiger partial charge < -0.3 is 23.8 Å². The number of carboxylic acid groups (broad SMARTS) is 1. The minimum Gasteiger partial charge on any atom is -0.477 e. The van der Waals surface area contributed by atoms with Crippen molar-refractivity contribution in [2.45, 2.75) is 212 Å². The standard InChI is InChI=1S/C50H89NO7/c1-6-8-10-12-14-16-18-20-21-22-23-24-25-26-27-28-29-31-33-35-37-39-41-49(53)58-46(44-56-43-42-47(50(54)55)51(3,4)5)45-57-48(52)40-38-36-34-32-30-19-17-15-13-11-9-7-2/h14-17,20-21,23-24,46-47H,6-13,18-19,22,25-45H2,1-5H3/p+1/b16-14+,17-15+,21-20+,24-23+. The lowest BCUT2D eigenvalue weighted by Crippen LogP contribution is -2.50. The van der Waals surface area contributed by atoms with Crippen LogP contribution in [0.15, 0.2) is 48.6 Å². The Bertz CT molecular complexity index is 1090. The minimum absolute atomic E-state index is 0.0561. The van der Waals surface area contributed by atoms with Gasteiger partial charge in [0.25, 0.3) is 0 Å². The SMILES string of the molecule is CCCCC/C=C/C/C=C/C/C=C/CCCCCCCCCCCC(=O)OC(COCCC(C(=O)O)[N+](C)(C)C)COC(=O)CCCCCCC/C=C/CCCCC. The average molecular weight is 817 g/mol. The summed E-state index contributed by atoms with van der Waals surface area (Å²) in [5, 5.41) is 9.63. The van der Waals surface area contributed by atoms with Crippen LogP contribution in [-0.2, 0) is 28.6 Å². The Labute approximate surface area is 356 Å². The second-order valence-electron chi connectivity index (χ2n) is 17.0. The van der Waals surface area contributed by atoms with Crippen molar-refractivity contribution in [1.82, 2.24) is 0 Å². The second kappa shape index (κ2) is 41.0. The zero-order chi connectivity index (χ0) is 42.8. The van der Waals surface area contributed by atoms with Crippen LogP contribution < -0.4 is 0 Å². The van der Waals surface area contributed by atoms with Crippen molar-refractivity contribution in [3.8, 4) is 0 Å². The second-order valence-corrected chi connectivity index (χ2v) is 17.0. The van der Waals surface area contributed by atoms with E-state index in [1.54, 1.807) is 0 Å². The van der Waals surface area contributed by atoms with Gasteiger partial charge in [-0.3, -0.25) is 9.59 Å². The highest BCUT2D eigenvalue weighted by Crippen LogP contribution is 2.14. The summed E-state index contributed by atoms with van der Waals surface area (Å²) < 4.78 is 17.3. The molecule has 0 aliphatic heterocycles. The lowest BCUT2D eigenvalue weighted by molar-refractivity contribution is -0.887. The predicted molar refractivity (Wildman–Crippen MR) is 243 cm³/mol. The summed E-state index contributed by atoms with van der Waals surface area (Å²) in [6, 6.07) is -0.617. The molecule has 2 unspecified atom stereocenters. The summed E-state index contributed by atoms with van der Waals surface area (Å²) in [6.45, 7) is 4.67. The van der Waals surface area contributed by atoms with E-state index in [1.165, 1.54) is 96.3 Å². The summed E-state index contributed by atoms with van der Waals surface area (Å²) in [5.41, 5.74) is 0. The zero-order valence-corrected chi connectivity index (χ0v) is 38.2. The molecule has 0 saturated carbocycles. The van der Waals surface area contributed by atoms with E-state index in [0.717, 1.165) is 70.6 Å². The number of rotatable bonds is 42. The summed E-state index contributed by atoms with van der Waals surface area (Å²) in [6.07, 6.45) is 48.7. The first-order chi connectivity index (χ1) is 28.1. The fraction of sp³-hybridized carbons (Fsp3) is 0.780. The number of allylic oxidation sites excluding steroid dienone is 8. The molecule has 0 aromatic rings. The molecule has 8 nitrogen and oxygen atoms in total. The molecule has 0 heterocycles. The van der Waals surface area contributed by atoms with E-state index in [4.69, 9.17) is 14.2 Å². The summed E-state index contributed by atoms with van der Waals surface area (Å²) in [5.74, 6) is -1.48. The fourth-order valence-electron chi connectivity index (χ4n) is 6.74. The molecule has 0 bridgehead atoms. The van der Waals surface area contributed by atoms with Gasteiger partial charge in [0.1, 0.15) is 6.61 Å². The molecule has 0 amide bonds. The van der Waals surface area contributed by atoms with Gasteiger partial charge in [0.05, 0.1) is 34.4 Å². The number of carboxylic acids is 1. The Hall–Kier alpha value is -2.71. The van der Waals surface area contributed by atoms with E-state index in [0.29, 0.717) is 19.3 Å². The van der Waals surface area contributed by atoms with E-state index in [2.05, 4.69) is 62.5 Å². The first-order valence-electron chi connectivity index (χ1n) is 23.7. The summed E-state index contributed by atoms with van der Waals surface area (Å²) in [7, 11) is 5.52. The van der Waals surface area contributed by atoms with Crippen LogP contribution >= 0.6 is 0 Å². The number of carbonyl (C=O) groups is 3. The minimum atomic E-state index is -0.878. The molecule has 0 rings (SSSR count). The smallest absolute Gasteiger partial charge is 0.362 e. The number of nitrogens with zero attached hydrogens (tertiary/aromatic N) is 1. The number of quaternary nitrogens is 1. The molecule has 0 fully saturated rings. The molecule has 0 aromatic heterocycles. The summed E-state index contributed by atoms with van der Waals surface area (Å²) in [4.78, 5) is 37.0. The fourth-order valence-corrected chi connectivity index (χ4v) is 6.74. The molecule has 0 aromatic carbocycles. The first kappa shape index (κ1) is 55.3. The van der Waals surface area contributed by atoms with E-state index in [-0.39, 0.29) is 36.2 Å². The van der Waals surface area contributed by atoms with Crippen molar-refractivity contribution in [3.63, 3.8) is 0 Å². The molecule has 336 valence electrons. The van der Waals surface area contributed by atoms with Gasteiger partial charge in [0.2, 0.25) is 0 Å². The number of hydrogen-bond donors (Lipinski definition) is 1. The van der Waals surface area contributed by atoms with Crippen LogP contribution in [0.25, 0.3) is 0 Å². The quantitative estimate of drug-likeness (QED) is 0.0283. The van der Waals surface area contributed by atoms with Gasteiger partial charge in [-0.25, -0.2) is 4.79 Å². The Morgan fingerprint density at radius 2 is 0.914 bits per heavy atom. The highest BCUT2D eigenvalue weighted by Gasteiger charge is 2.31. The monoisotopic (exact) mass is 817 g/mol. The maximum Gasteiger partial charge on any atom is 0.362 e. The molecule has 8 heteroatoms. The maximum absolute atomic E-state index is 12.8. The largest absolute Gasteiger partial charge is 0.477 e. The van der Waals surface area contributed by atoms with Crippen molar-refractivity contribution in [1.29, 1.82) is 0 Å². The van der Waals surface area contributed by atoms with Crippen molar-refractivity contribution in [2.75, 3.05) is 41.0 Å². The van der Waals surface area contributed by atoms with Crippen LogP contribution in [0.2, 0.25) is 0 Å². The third kappa shape index (κ3) is 38.8. The van der Waals surface area contributed by atoms with E-state index < -0.39 is 18.1 Å². The zero-order valence-electron chi connectivity index (χ0n) is 38.2. The number of esters is 2. The van der Waals surface area contributed by atoms with Crippen molar-refractivity contribution < 1.29 is 38.2 Å². The van der Waals surface area contributed by atoms with Crippen molar-refractivity contribution in [2.24, 2.45) is 0 Å². The number of carbonyl (C=O) groups excluding carboxylic acids is 2. The van der Waals surface area contributed by atoms with Gasteiger partial charge >= 0.3 is 17.9 Å².